The van der Waals surface area contributed by atoms with Gasteiger partial charge in [-0.2, -0.15) is 4.68 Å². The number of nitrogens with zero attached hydrogens (tertiary/aromatic N) is 4. The second kappa shape index (κ2) is 4.25. The van der Waals surface area contributed by atoms with Crippen LogP contribution in [0, 0.1) is 0 Å². The average molecular weight is 239 g/mol. The highest BCUT2D eigenvalue weighted by atomic mass is 16.2. The van der Waals surface area contributed by atoms with E-state index in [1.54, 1.807) is 36.5 Å². The van der Waals surface area contributed by atoms with Crippen molar-refractivity contribution in [1.29, 1.82) is 0 Å². The van der Waals surface area contributed by atoms with Crippen molar-refractivity contribution in [2.24, 2.45) is 0 Å². The molecule has 6 heteroatoms. The predicted molar refractivity (Wildman–Crippen MR) is 66.2 cm³/mol. The number of amides is 1. The third-order valence-corrected chi connectivity index (χ3v) is 2.44. The molecule has 88 valence electrons. The van der Waals surface area contributed by atoms with Crippen molar-refractivity contribution in [3.8, 4) is 0 Å². The largest absolute Gasteiger partial charge is 0.349 e. The summed E-state index contributed by atoms with van der Waals surface area (Å²) in [6.45, 7) is 0. The van der Waals surface area contributed by atoms with E-state index in [4.69, 9.17) is 0 Å². The lowest BCUT2D eigenvalue weighted by Gasteiger charge is -2.03. The fourth-order valence-corrected chi connectivity index (χ4v) is 1.62. The SMILES string of the molecule is O=C(Nc1ccccn1)n1nnc2ccccc21. The first kappa shape index (κ1) is 10.4. The molecular weight excluding hydrogens is 230 g/mol. The Morgan fingerprint density at radius 2 is 1.94 bits per heavy atom. The Balaban J connectivity index is 1.93. The maximum absolute atomic E-state index is 12.0. The lowest BCUT2D eigenvalue weighted by atomic mass is 10.3. The van der Waals surface area contributed by atoms with E-state index in [0.29, 0.717) is 16.9 Å². The summed E-state index contributed by atoms with van der Waals surface area (Å²) in [6.07, 6.45) is 1.61. The number of carbonyl (C=O) groups excluding carboxylic acids is 1. The third-order valence-electron chi connectivity index (χ3n) is 2.44. The van der Waals surface area contributed by atoms with E-state index < -0.39 is 0 Å². The summed E-state index contributed by atoms with van der Waals surface area (Å²) >= 11 is 0. The van der Waals surface area contributed by atoms with Crippen LogP contribution in [0.15, 0.2) is 48.7 Å². The Labute approximate surface area is 102 Å². The molecule has 0 aliphatic rings. The number of para-hydroxylation sites is 1. The van der Waals surface area contributed by atoms with Crippen molar-refractivity contribution >= 4 is 22.9 Å². The van der Waals surface area contributed by atoms with Crippen LogP contribution < -0.4 is 5.32 Å². The molecule has 0 saturated heterocycles. The van der Waals surface area contributed by atoms with Crippen LogP contribution in [0.4, 0.5) is 10.6 Å². The Kier molecular flexibility index (Phi) is 2.45. The topological polar surface area (TPSA) is 72.7 Å². The van der Waals surface area contributed by atoms with Crippen molar-refractivity contribution in [2.45, 2.75) is 0 Å². The lowest BCUT2D eigenvalue weighted by molar-refractivity contribution is 0.251. The molecule has 2 aromatic heterocycles. The minimum Gasteiger partial charge on any atom is -0.290 e. The van der Waals surface area contributed by atoms with Crippen molar-refractivity contribution in [3.63, 3.8) is 0 Å². The summed E-state index contributed by atoms with van der Waals surface area (Å²) in [4.78, 5) is 16.0. The number of fused-ring (bicyclic) bond motifs is 1. The monoisotopic (exact) mass is 239 g/mol. The van der Waals surface area contributed by atoms with Gasteiger partial charge < -0.3 is 0 Å². The number of anilines is 1. The van der Waals surface area contributed by atoms with Gasteiger partial charge in [0, 0.05) is 6.20 Å². The molecule has 0 aliphatic heterocycles. The van der Waals surface area contributed by atoms with E-state index >= 15 is 0 Å². The van der Waals surface area contributed by atoms with Gasteiger partial charge in [-0.25, -0.2) is 9.78 Å². The molecule has 3 rings (SSSR count). The van der Waals surface area contributed by atoms with Gasteiger partial charge in [0.1, 0.15) is 11.3 Å². The number of nitrogens with one attached hydrogen (secondary N) is 1. The Morgan fingerprint density at radius 3 is 2.78 bits per heavy atom. The highest BCUT2D eigenvalue weighted by Gasteiger charge is 2.11. The molecule has 0 aliphatic carbocycles. The maximum atomic E-state index is 12.0. The first-order valence-electron chi connectivity index (χ1n) is 5.37. The molecular formula is C12H9N5O. The number of hydrogen-bond donors (Lipinski definition) is 1. The molecule has 1 amide bonds. The number of pyridine rings is 1. The zero-order valence-electron chi connectivity index (χ0n) is 9.32. The summed E-state index contributed by atoms with van der Waals surface area (Å²) < 4.78 is 1.21. The second-order valence-corrected chi connectivity index (χ2v) is 3.64. The maximum Gasteiger partial charge on any atom is 0.349 e. The minimum atomic E-state index is -0.387. The van der Waals surface area contributed by atoms with Crippen LogP contribution in [0.5, 0.6) is 0 Å². The molecule has 1 N–H and O–H groups in total. The van der Waals surface area contributed by atoms with Crippen LogP contribution in [-0.4, -0.2) is 26.0 Å². The van der Waals surface area contributed by atoms with Crippen LogP contribution in [-0.2, 0) is 0 Å². The van der Waals surface area contributed by atoms with Gasteiger partial charge in [0.2, 0.25) is 0 Å². The fourth-order valence-electron chi connectivity index (χ4n) is 1.62. The van der Waals surface area contributed by atoms with Crippen molar-refractivity contribution in [2.75, 3.05) is 5.32 Å². The molecule has 0 radical (unpaired) electrons. The van der Waals surface area contributed by atoms with Crippen LogP contribution in [0.3, 0.4) is 0 Å². The molecule has 0 saturated carbocycles. The molecule has 0 unspecified atom stereocenters. The molecule has 0 atom stereocenters. The second-order valence-electron chi connectivity index (χ2n) is 3.64. The minimum absolute atomic E-state index is 0.387. The van der Waals surface area contributed by atoms with Crippen LogP contribution in [0.25, 0.3) is 11.0 Å². The molecule has 3 aromatic rings. The Hall–Kier alpha value is -2.76. The summed E-state index contributed by atoms with van der Waals surface area (Å²) in [5.74, 6) is 0.474. The summed E-state index contributed by atoms with van der Waals surface area (Å²) in [6, 6.07) is 12.1. The van der Waals surface area contributed by atoms with Gasteiger partial charge in [0.05, 0.1) is 5.52 Å². The first-order valence-corrected chi connectivity index (χ1v) is 5.37. The third kappa shape index (κ3) is 1.80. The fraction of sp³-hybridized carbons (Fsp3) is 0. The van der Waals surface area contributed by atoms with E-state index in [0.717, 1.165) is 0 Å². The molecule has 2 heterocycles. The molecule has 0 bridgehead atoms. The van der Waals surface area contributed by atoms with Crippen LogP contribution >= 0.6 is 0 Å². The zero-order chi connectivity index (χ0) is 12.4. The van der Waals surface area contributed by atoms with E-state index in [1.165, 1.54) is 4.68 Å². The number of carbonyl (C=O) groups is 1. The number of hydrogen-bond acceptors (Lipinski definition) is 4. The number of rotatable bonds is 1. The van der Waals surface area contributed by atoms with Gasteiger partial charge in [-0.05, 0) is 24.3 Å². The average Bonchev–Trinajstić information content (AvgIpc) is 2.84. The Morgan fingerprint density at radius 1 is 1.11 bits per heavy atom. The molecule has 1 aromatic carbocycles. The van der Waals surface area contributed by atoms with Crippen molar-refractivity contribution < 1.29 is 4.79 Å². The Bertz CT molecular complexity index is 692. The van der Waals surface area contributed by atoms with E-state index in [2.05, 4.69) is 20.6 Å². The van der Waals surface area contributed by atoms with Gasteiger partial charge in [-0.15, -0.1) is 5.10 Å². The summed E-state index contributed by atoms with van der Waals surface area (Å²) in [7, 11) is 0. The smallest absolute Gasteiger partial charge is 0.290 e. The van der Waals surface area contributed by atoms with Crippen LogP contribution in [0.2, 0.25) is 0 Å². The van der Waals surface area contributed by atoms with Gasteiger partial charge in [0.15, 0.2) is 0 Å². The van der Waals surface area contributed by atoms with E-state index in [9.17, 15) is 4.79 Å². The van der Waals surface area contributed by atoms with Crippen LogP contribution in [0.1, 0.15) is 0 Å². The lowest BCUT2D eigenvalue weighted by Crippen LogP contribution is -2.21. The van der Waals surface area contributed by atoms with Crippen molar-refractivity contribution in [1.82, 2.24) is 20.0 Å². The first-order chi connectivity index (χ1) is 8.84. The molecule has 18 heavy (non-hydrogen) atoms. The summed E-state index contributed by atoms with van der Waals surface area (Å²) in [5, 5.41) is 10.4. The van der Waals surface area contributed by atoms with Gasteiger partial charge >= 0.3 is 6.03 Å². The summed E-state index contributed by atoms with van der Waals surface area (Å²) in [5.41, 5.74) is 1.33. The quantitative estimate of drug-likeness (QED) is 0.704. The molecule has 0 fully saturated rings. The standard InChI is InChI=1S/C12H9N5O/c18-12(14-11-7-3-4-8-13-11)17-10-6-2-1-5-9(10)15-16-17/h1-8H,(H,13,14,18). The zero-order valence-corrected chi connectivity index (χ0v) is 9.32. The van der Waals surface area contributed by atoms with Gasteiger partial charge in [-0.1, -0.05) is 23.4 Å². The number of aromatic nitrogens is 4. The molecule has 6 nitrogen and oxygen atoms in total. The predicted octanol–water partition coefficient (Wildman–Crippen LogP) is 1.91. The molecule has 0 spiro atoms. The highest BCUT2D eigenvalue weighted by Crippen LogP contribution is 2.10. The van der Waals surface area contributed by atoms with Gasteiger partial charge in [0.25, 0.3) is 0 Å². The van der Waals surface area contributed by atoms with Gasteiger partial charge in [-0.3, -0.25) is 5.32 Å². The number of benzene rings is 1. The van der Waals surface area contributed by atoms with E-state index in [-0.39, 0.29) is 6.03 Å². The normalized spacial score (nSPS) is 10.4. The van der Waals surface area contributed by atoms with E-state index in [1.807, 2.05) is 12.1 Å². The van der Waals surface area contributed by atoms with Crippen molar-refractivity contribution in [3.05, 3.63) is 48.7 Å². The highest BCUT2D eigenvalue weighted by molar-refractivity contribution is 5.95.